The van der Waals surface area contributed by atoms with Gasteiger partial charge in [0.15, 0.2) is 0 Å². The van der Waals surface area contributed by atoms with E-state index in [-0.39, 0.29) is 0 Å². The number of benzene rings is 1. The van der Waals surface area contributed by atoms with Crippen LogP contribution in [0.4, 0.5) is 5.69 Å². The van der Waals surface area contributed by atoms with Gasteiger partial charge in [0.05, 0.1) is 26.5 Å². The Morgan fingerprint density at radius 3 is 2.54 bits per heavy atom. The minimum atomic E-state index is -0.532. The van der Waals surface area contributed by atoms with Crippen LogP contribution in [0.3, 0.4) is 0 Å². The van der Waals surface area contributed by atoms with Crippen LogP contribution in [0.1, 0.15) is 26.7 Å². The van der Waals surface area contributed by atoms with Crippen molar-refractivity contribution >= 4 is 17.6 Å². The largest absolute Gasteiger partial charge is 0.497 e. The van der Waals surface area contributed by atoms with E-state index in [1.54, 1.807) is 25.3 Å². The summed E-state index contributed by atoms with van der Waals surface area (Å²) in [6.07, 6.45) is 4.05. The van der Waals surface area contributed by atoms with Gasteiger partial charge in [0, 0.05) is 18.2 Å². The van der Waals surface area contributed by atoms with Crippen molar-refractivity contribution in [1.29, 1.82) is 0 Å². The Kier molecular flexibility index (Phi) is 8.39. The minimum Gasteiger partial charge on any atom is -0.497 e. The van der Waals surface area contributed by atoms with Crippen LogP contribution in [0.2, 0.25) is 0 Å². The van der Waals surface area contributed by atoms with Gasteiger partial charge in [0.2, 0.25) is 5.91 Å². The van der Waals surface area contributed by atoms with Crippen molar-refractivity contribution in [3.63, 3.8) is 0 Å². The van der Waals surface area contributed by atoms with Gasteiger partial charge in [-0.15, -0.1) is 0 Å². The molecular weight excluding hydrogens is 310 g/mol. The average molecular weight is 335 g/mol. The molecule has 6 heteroatoms. The highest BCUT2D eigenvalue weighted by molar-refractivity contribution is 6.03. The first-order valence-corrected chi connectivity index (χ1v) is 7.84. The minimum absolute atomic E-state index is 0.356. The third kappa shape index (κ3) is 7.17. The first-order valence-electron chi connectivity index (χ1n) is 7.84. The first-order chi connectivity index (χ1) is 11.5. The van der Waals surface area contributed by atoms with E-state index in [0.29, 0.717) is 29.7 Å². The molecule has 0 spiro atoms. The van der Waals surface area contributed by atoms with Crippen LogP contribution in [0.15, 0.2) is 30.4 Å². The van der Waals surface area contributed by atoms with Gasteiger partial charge in [-0.1, -0.05) is 13.8 Å². The van der Waals surface area contributed by atoms with Gasteiger partial charge in [0.25, 0.3) is 0 Å². The molecule has 1 aromatic carbocycles. The van der Waals surface area contributed by atoms with Crippen LogP contribution in [-0.4, -0.2) is 32.7 Å². The highest BCUT2D eigenvalue weighted by atomic mass is 16.5. The van der Waals surface area contributed by atoms with E-state index in [1.165, 1.54) is 7.11 Å². The average Bonchev–Trinajstić information content (AvgIpc) is 2.57. The zero-order valence-corrected chi connectivity index (χ0v) is 14.6. The van der Waals surface area contributed by atoms with Gasteiger partial charge in [-0.25, -0.2) is 4.79 Å². The lowest BCUT2D eigenvalue weighted by Crippen LogP contribution is -2.11. The third-order valence-electron chi connectivity index (χ3n) is 3.21. The number of carbonyl (C=O) groups excluding carboxylic acids is 2. The molecule has 0 heterocycles. The van der Waals surface area contributed by atoms with E-state index in [2.05, 4.69) is 19.2 Å². The fourth-order valence-corrected chi connectivity index (χ4v) is 1.93. The molecule has 0 saturated heterocycles. The van der Waals surface area contributed by atoms with Gasteiger partial charge < -0.3 is 19.5 Å². The zero-order valence-electron chi connectivity index (χ0n) is 14.6. The van der Waals surface area contributed by atoms with Crippen molar-refractivity contribution in [1.82, 2.24) is 0 Å². The number of nitrogens with one attached hydrogen (secondary N) is 1. The Labute approximate surface area is 142 Å². The molecule has 132 valence electrons. The summed E-state index contributed by atoms with van der Waals surface area (Å²) >= 11 is 0. The molecule has 0 aliphatic heterocycles. The van der Waals surface area contributed by atoms with Gasteiger partial charge in [-0.3, -0.25) is 4.79 Å². The predicted molar refractivity (Wildman–Crippen MR) is 92.3 cm³/mol. The van der Waals surface area contributed by atoms with Crippen molar-refractivity contribution in [2.75, 3.05) is 26.1 Å². The lowest BCUT2D eigenvalue weighted by atomic mass is 10.1. The second-order valence-corrected chi connectivity index (χ2v) is 5.59. The smallest absolute Gasteiger partial charge is 0.330 e. The summed E-state index contributed by atoms with van der Waals surface area (Å²) in [7, 11) is 3.04. The van der Waals surface area contributed by atoms with Crippen LogP contribution in [-0.2, 0) is 14.3 Å². The van der Waals surface area contributed by atoms with E-state index in [0.717, 1.165) is 25.0 Å². The molecule has 0 saturated carbocycles. The molecule has 0 aliphatic rings. The molecule has 0 radical (unpaired) electrons. The zero-order chi connectivity index (χ0) is 17.9. The summed E-state index contributed by atoms with van der Waals surface area (Å²) in [5.74, 6) is 0.676. The normalized spacial score (nSPS) is 10.7. The Morgan fingerprint density at radius 1 is 1.17 bits per heavy atom. The maximum Gasteiger partial charge on any atom is 0.330 e. The fraction of sp³-hybridized carbons (Fsp3) is 0.444. The van der Waals surface area contributed by atoms with Crippen LogP contribution < -0.4 is 14.8 Å². The monoisotopic (exact) mass is 335 g/mol. The lowest BCUT2D eigenvalue weighted by molar-refractivity contribution is -0.138. The molecule has 1 amide bonds. The number of rotatable bonds is 9. The maximum atomic E-state index is 11.9. The maximum absolute atomic E-state index is 11.9. The van der Waals surface area contributed by atoms with Crippen LogP contribution in [0, 0.1) is 5.92 Å². The van der Waals surface area contributed by atoms with Crippen molar-refractivity contribution in [3.8, 4) is 11.5 Å². The molecule has 1 aromatic rings. The first kappa shape index (κ1) is 19.5. The van der Waals surface area contributed by atoms with E-state index in [4.69, 9.17) is 14.2 Å². The lowest BCUT2D eigenvalue weighted by Gasteiger charge is -2.10. The van der Waals surface area contributed by atoms with E-state index < -0.39 is 11.9 Å². The van der Waals surface area contributed by atoms with Gasteiger partial charge >= 0.3 is 5.97 Å². The summed E-state index contributed by atoms with van der Waals surface area (Å²) in [4.78, 5) is 23.4. The van der Waals surface area contributed by atoms with Gasteiger partial charge in [0.1, 0.15) is 11.5 Å². The molecule has 24 heavy (non-hydrogen) atoms. The fourth-order valence-electron chi connectivity index (χ4n) is 1.93. The summed E-state index contributed by atoms with van der Waals surface area (Å²) in [6.45, 7) is 4.58. The number of hydrogen-bond acceptors (Lipinski definition) is 5. The number of amides is 1. The van der Waals surface area contributed by atoms with Crippen molar-refractivity contribution in [3.05, 3.63) is 30.4 Å². The molecule has 0 aromatic heterocycles. The van der Waals surface area contributed by atoms with E-state index in [1.807, 2.05) is 0 Å². The molecule has 1 rings (SSSR count). The van der Waals surface area contributed by atoms with Crippen molar-refractivity contribution in [2.24, 2.45) is 5.92 Å². The topological polar surface area (TPSA) is 73.9 Å². The standard InChI is InChI=1S/C18H25NO5/c1-13(2)6-5-11-24-18(21)10-9-17(20)19-15-8-7-14(22-3)12-16(15)23-4/h7-10,12-13H,5-6,11H2,1-4H3,(H,19,20)/b10-9+. The predicted octanol–water partition coefficient (Wildman–Crippen LogP) is 3.18. The third-order valence-corrected chi connectivity index (χ3v) is 3.21. The number of methoxy groups -OCH3 is 2. The number of carbonyl (C=O) groups is 2. The molecule has 0 aliphatic carbocycles. The number of hydrogen-bond donors (Lipinski definition) is 1. The summed E-state index contributed by atoms with van der Waals surface area (Å²) < 4.78 is 15.3. The SMILES string of the molecule is COc1ccc(NC(=O)/C=C/C(=O)OCCCC(C)C)c(OC)c1. The summed E-state index contributed by atoms with van der Waals surface area (Å²) in [5.41, 5.74) is 0.484. The Hall–Kier alpha value is -2.50. The second kappa shape index (κ2) is 10.3. The van der Waals surface area contributed by atoms with Crippen molar-refractivity contribution < 1.29 is 23.8 Å². The van der Waals surface area contributed by atoms with Crippen LogP contribution in [0.25, 0.3) is 0 Å². The Bertz CT molecular complexity index is 581. The number of esters is 1. The molecule has 0 atom stereocenters. The summed E-state index contributed by atoms with van der Waals surface area (Å²) in [6, 6.07) is 5.01. The molecule has 0 bridgehead atoms. The van der Waals surface area contributed by atoms with Gasteiger partial charge in [-0.05, 0) is 30.9 Å². The van der Waals surface area contributed by atoms with Crippen molar-refractivity contribution in [2.45, 2.75) is 26.7 Å². The highest BCUT2D eigenvalue weighted by Crippen LogP contribution is 2.28. The number of ether oxygens (including phenoxy) is 3. The number of anilines is 1. The highest BCUT2D eigenvalue weighted by Gasteiger charge is 2.07. The van der Waals surface area contributed by atoms with E-state index >= 15 is 0 Å². The molecule has 0 fully saturated rings. The molecule has 0 unspecified atom stereocenters. The Morgan fingerprint density at radius 2 is 1.92 bits per heavy atom. The quantitative estimate of drug-likeness (QED) is 0.426. The molecule has 6 nitrogen and oxygen atoms in total. The van der Waals surface area contributed by atoms with E-state index in [9.17, 15) is 9.59 Å². The Balaban J connectivity index is 2.49. The van der Waals surface area contributed by atoms with Gasteiger partial charge in [-0.2, -0.15) is 0 Å². The van der Waals surface area contributed by atoms with Crippen LogP contribution >= 0.6 is 0 Å². The summed E-state index contributed by atoms with van der Waals surface area (Å²) in [5, 5.41) is 2.64. The molecule has 1 N–H and O–H groups in total. The second-order valence-electron chi connectivity index (χ2n) is 5.59. The van der Waals surface area contributed by atoms with Crippen LogP contribution in [0.5, 0.6) is 11.5 Å². The molecular formula is C18H25NO5.